The van der Waals surface area contributed by atoms with Crippen LogP contribution in [0, 0.1) is 5.82 Å². The van der Waals surface area contributed by atoms with E-state index in [9.17, 15) is 9.59 Å². The smallest absolute Gasteiger partial charge is 0.411 e. The van der Waals surface area contributed by atoms with Crippen LogP contribution in [0.4, 0.5) is 14.9 Å². The molecule has 14 heteroatoms. The maximum atomic E-state index is 15.3. The molecule has 2 aromatic carbocycles. The molecule has 5 aromatic rings. The number of rotatable bonds is 5. The lowest BCUT2D eigenvalue weighted by Gasteiger charge is -2.15. The van der Waals surface area contributed by atoms with Crippen molar-refractivity contribution in [3.05, 3.63) is 87.8 Å². The molecule has 0 radical (unpaired) electrons. The molecule has 0 fully saturated rings. The summed E-state index contributed by atoms with van der Waals surface area (Å²) < 4.78 is 22.8. The molecule has 0 saturated carbocycles. The van der Waals surface area contributed by atoms with Crippen molar-refractivity contribution in [2.24, 2.45) is 0 Å². The highest BCUT2D eigenvalue weighted by molar-refractivity contribution is 6.31. The first-order valence-corrected chi connectivity index (χ1v) is 12.6. The van der Waals surface area contributed by atoms with Crippen molar-refractivity contribution in [1.82, 2.24) is 39.7 Å². The first kappa shape index (κ1) is 25.4. The highest BCUT2D eigenvalue weighted by atomic mass is 35.5. The molecule has 202 valence electrons. The highest BCUT2D eigenvalue weighted by Gasteiger charge is 2.34. The molecule has 0 aliphatic carbocycles. The van der Waals surface area contributed by atoms with Gasteiger partial charge in [-0.2, -0.15) is 4.68 Å². The number of anilines is 1. The van der Waals surface area contributed by atoms with Gasteiger partial charge in [-0.1, -0.05) is 30.7 Å². The van der Waals surface area contributed by atoms with Gasteiger partial charge in [-0.3, -0.25) is 14.7 Å². The number of fused-ring (bicyclic) bond motifs is 1. The van der Waals surface area contributed by atoms with Crippen LogP contribution < -0.4 is 10.9 Å². The van der Waals surface area contributed by atoms with E-state index < -0.39 is 18.0 Å². The summed E-state index contributed by atoms with van der Waals surface area (Å²) in [6.07, 6.45) is 3.02. The molecule has 1 amide bonds. The van der Waals surface area contributed by atoms with Crippen LogP contribution in [-0.4, -0.2) is 52.9 Å². The van der Waals surface area contributed by atoms with Gasteiger partial charge in [0.15, 0.2) is 5.82 Å². The quantitative estimate of drug-likeness (QED) is 0.322. The number of hydrogen-bond acceptors (Lipinski definition) is 8. The Morgan fingerprint density at radius 1 is 1.23 bits per heavy atom. The number of H-pyrrole nitrogens is 1. The molecule has 1 aliphatic heterocycles. The van der Waals surface area contributed by atoms with Crippen molar-refractivity contribution in [3.8, 4) is 28.2 Å². The number of ether oxygens (including phenoxy) is 1. The Balaban J connectivity index is 1.35. The fraction of sp³-hybridized carbons (Fsp3) is 0.192. The van der Waals surface area contributed by atoms with Crippen molar-refractivity contribution in [2.45, 2.75) is 25.3 Å². The highest BCUT2D eigenvalue weighted by Crippen LogP contribution is 2.39. The van der Waals surface area contributed by atoms with E-state index >= 15 is 4.39 Å². The maximum absolute atomic E-state index is 15.3. The Morgan fingerprint density at radius 3 is 2.75 bits per heavy atom. The summed E-state index contributed by atoms with van der Waals surface area (Å²) in [5, 5.41) is 13.6. The van der Waals surface area contributed by atoms with Gasteiger partial charge in [-0.05, 0) is 46.7 Å². The Kier molecular flexibility index (Phi) is 6.34. The molecule has 1 aliphatic rings. The number of aromatic amines is 1. The van der Waals surface area contributed by atoms with Crippen LogP contribution in [-0.2, 0) is 4.74 Å². The number of methoxy groups -OCH3 is 1. The zero-order valence-electron chi connectivity index (χ0n) is 21.2. The minimum absolute atomic E-state index is 0.0290. The second-order valence-electron chi connectivity index (χ2n) is 9.25. The molecule has 4 heterocycles. The number of carbonyl (C=O) groups is 1. The number of hydrogen-bond donors (Lipinski definition) is 2. The SMILES string of the molecule is COC(=O)Nc1ccc(-c2cnc(C3CC(C)c4nc(-c5c(-n6cnnn6)ccc(Cl)c5F)cc(=O)n43)[nH]2)cc1. The molecule has 12 nitrogen and oxygen atoms in total. The third-order valence-corrected chi connectivity index (χ3v) is 7.06. The van der Waals surface area contributed by atoms with Crippen LogP contribution in [0.1, 0.15) is 37.0 Å². The zero-order valence-corrected chi connectivity index (χ0v) is 21.9. The molecular formula is C26H21ClFN9O3. The third-order valence-electron chi connectivity index (χ3n) is 6.77. The van der Waals surface area contributed by atoms with Gasteiger partial charge >= 0.3 is 6.09 Å². The van der Waals surface area contributed by atoms with Gasteiger partial charge in [0.1, 0.15) is 18.0 Å². The number of benzene rings is 2. The first-order chi connectivity index (χ1) is 19.3. The Bertz CT molecular complexity index is 1780. The molecule has 3 aromatic heterocycles. The van der Waals surface area contributed by atoms with Crippen molar-refractivity contribution in [2.75, 3.05) is 12.4 Å². The van der Waals surface area contributed by atoms with Gasteiger partial charge in [-0.25, -0.2) is 19.2 Å². The lowest BCUT2D eigenvalue weighted by Crippen LogP contribution is -2.25. The van der Waals surface area contributed by atoms with E-state index in [-0.39, 0.29) is 27.8 Å². The first-order valence-electron chi connectivity index (χ1n) is 12.2. The topological polar surface area (TPSA) is 146 Å². The van der Waals surface area contributed by atoms with Gasteiger partial charge in [-0.15, -0.1) is 5.10 Å². The number of aromatic nitrogens is 8. The molecule has 0 saturated heterocycles. The number of nitrogens with zero attached hydrogens (tertiary/aromatic N) is 7. The lowest BCUT2D eigenvalue weighted by molar-refractivity contribution is 0.187. The van der Waals surface area contributed by atoms with Crippen LogP contribution in [0.5, 0.6) is 0 Å². The molecule has 0 spiro atoms. The van der Waals surface area contributed by atoms with Gasteiger partial charge in [0.05, 0.1) is 47.0 Å². The van der Waals surface area contributed by atoms with E-state index in [1.807, 2.05) is 19.1 Å². The summed E-state index contributed by atoms with van der Waals surface area (Å²) in [7, 11) is 1.29. The van der Waals surface area contributed by atoms with Crippen LogP contribution in [0.25, 0.3) is 28.2 Å². The average Bonchev–Trinajstić information content (AvgIpc) is 3.72. The summed E-state index contributed by atoms with van der Waals surface area (Å²) >= 11 is 6.09. The molecular weight excluding hydrogens is 541 g/mol. The largest absolute Gasteiger partial charge is 0.453 e. The number of carbonyl (C=O) groups excluding carboxylic acids is 1. The lowest BCUT2D eigenvalue weighted by atomic mass is 10.1. The molecule has 0 bridgehead atoms. The number of nitrogens with one attached hydrogen (secondary N) is 2. The minimum atomic E-state index is -0.725. The van der Waals surface area contributed by atoms with Crippen LogP contribution in [0.3, 0.4) is 0 Å². The minimum Gasteiger partial charge on any atom is -0.453 e. The second-order valence-corrected chi connectivity index (χ2v) is 9.65. The summed E-state index contributed by atoms with van der Waals surface area (Å²) in [5.41, 5.74) is 2.28. The number of tetrazole rings is 1. The fourth-order valence-electron chi connectivity index (χ4n) is 4.88. The average molecular weight is 562 g/mol. The summed E-state index contributed by atoms with van der Waals surface area (Å²) in [6.45, 7) is 1.95. The van der Waals surface area contributed by atoms with Gasteiger partial charge < -0.3 is 9.72 Å². The van der Waals surface area contributed by atoms with Crippen molar-refractivity contribution < 1.29 is 13.9 Å². The normalized spacial score (nSPS) is 16.1. The Hall–Kier alpha value is -4.91. The molecule has 2 N–H and O–H groups in total. The van der Waals surface area contributed by atoms with Crippen molar-refractivity contribution >= 4 is 23.4 Å². The third kappa shape index (κ3) is 4.39. The van der Waals surface area contributed by atoms with Crippen molar-refractivity contribution in [3.63, 3.8) is 0 Å². The zero-order chi connectivity index (χ0) is 28.0. The van der Waals surface area contributed by atoms with E-state index in [0.29, 0.717) is 29.4 Å². The predicted octanol–water partition coefficient (Wildman–Crippen LogP) is 4.34. The van der Waals surface area contributed by atoms with Gasteiger partial charge in [0.25, 0.3) is 5.56 Å². The predicted molar refractivity (Wildman–Crippen MR) is 143 cm³/mol. The van der Waals surface area contributed by atoms with Crippen LogP contribution in [0.15, 0.2) is 59.8 Å². The monoisotopic (exact) mass is 561 g/mol. The van der Waals surface area contributed by atoms with E-state index in [2.05, 4.69) is 35.5 Å². The summed E-state index contributed by atoms with van der Waals surface area (Å²) in [4.78, 5) is 37.5. The van der Waals surface area contributed by atoms with Crippen LogP contribution in [0.2, 0.25) is 5.02 Å². The number of halogens is 2. The van der Waals surface area contributed by atoms with Crippen LogP contribution >= 0.6 is 11.6 Å². The van der Waals surface area contributed by atoms with E-state index in [0.717, 1.165) is 11.3 Å². The van der Waals surface area contributed by atoms with Gasteiger partial charge in [0, 0.05) is 17.7 Å². The van der Waals surface area contributed by atoms with E-state index in [1.165, 1.54) is 30.3 Å². The molecule has 2 atom stereocenters. The number of imidazole rings is 1. The molecule has 2 unspecified atom stereocenters. The summed E-state index contributed by atoms with van der Waals surface area (Å²) in [6, 6.07) is 11.0. The molecule has 40 heavy (non-hydrogen) atoms. The fourth-order valence-corrected chi connectivity index (χ4v) is 5.04. The van der Waals surface area contributed by atoms with E-state index in [1.54, 1.807) is 29.0 Å². The maximum Gasteiger partial charge on any atom is 0.411 e. The van der Waals surface area contributed by atoms with Crippen molar-refractivity contribution in [1.29, 1.82) is 0 Å². The summed E-state index contributed by atoms with van der Waals surface area (Å²) in [5.74, 6) is 0.258. The Labute approximate surface area is 230 Å². The van der Waals surface area contributed by atoms with E-state index in [4.69, 9.17) is 16.6 Å². The van der Waals surface area contributed by atoms with Gasteiger partial charge in [0.2, 0.25) is 0 Å². The standard InChI is InChI=1S/C26H21ClFN9O3/c1-13-9-20(24-29-11-18(32-24)14-3-5-15(6-4-14)31-26(39)40-2)37-21(38)10-17(33-25(13)37)22-19(36-12-30-34-35-36)8-7-16(27)23(22)28/h3-8,10-13,20H,9H2,1-2H3,(H,29,32)(H,31,39). The second kappa shape index (κ2) is 10.0. The number of amides is 1. The molecule has 6 rings (SSSR count). The Morgan fingerprint density at radius 2 is 2.02 bits per heavy atom.